The van der Waals surface area contributed by atoms with Crippen LogP contribution >= 0.6 is 0 Å². The molecule has 0 fully saturated rings. The number of aromatic nitrogens is 1. The standard InChI is InChI=1S/C11H17N3O4/c1-17-4-5-18-3-2-13-10-6-8(11(15)16)9(12)7-14-10/h6-7H,2-5,12H2,1H3,(H,13,14)(H,15,16). The largest absolute Gasteiger partial charge is 0.478 e. The van der Waals surface area contributed by atoms with Gasteiger partial charge in [0.05, 0.1) is 37.3 Å². The van der Waals surface area contributed by atoms with Crippen molar-refractivity contribution in [1.29, 1.82) is 0 Å². The molecule has 0 aromatic carbocycles. The van der Waals surface area contributed by atoms with E-state index in [2.05, 4.69) is 10.3 Å². The number of nitrogen functional groups attached to an aromatic ring is 1. The van der Waals surface area contributed by atoms with Crippen molar-refractivity contribution < 1.29 is 19.4 Å². The Balaban J connectivity index is 2.38. The Labute approximate surface area is 105 Å². The fourth-order valence-corrected chi connectivity index (χ4v) is 1.24. The smallest absolute Gasteiger partial charge is 0.337 e. The Bertz CT molecular complexity index is 398. The highest BCUT2D eigenvalue weighted by Gasteiger charge is 2.09. The number of nitrogens with one attached hydrogen (secondary N) is 1. The number of rotatable bonds is 8. The summed E-state index contributed by atoms with van der Waals surface area (Å²) in [6.45, 7) is 2.08. The van der Waals surface area contributed by atoms with E-state index >= 15 is 0 Å². The Hall–Kier alpha value is -1.86. The summed E-state index contributed by atoms with van der Waals surface area (Å²) >= 11 is 0. The van der Waals surface area contributed by atoms with Crippen LogP contribution in [0, 0.1) is 0 Å². The van der Waals surface area contributed by atoms with Crippen LogP contribution in [0.2, 0.25) is 0 Å². The zero-order valence-corrected chi connectivity index (χ0v) is 10.2. The van der Waals surface area contributed by atoms with Gasteiger partial charge in [-0.3, -0.25) is 0 Å². The van der Waals surface area contributed by atoms with E-state index in [1.54, 1.807) is 7.11 Å². The van der Waals surface area contributed by atoms with E-state index in [1.165, 1.54) is 12.3 Å². The first-order valence-corrected chi connectivity index (χ1v) is 5.44. The van der Waals surface area contributed by atoms with Gasteiger partial charge in [0.2, 0.25) is 0 Å². The predicted octanol–water partition coefficient (Wildman–Crippen LogP) is 0.437. The minimum Gasteiger partial charge on any atom is -0.478 e. The first-order valence-electron chi connectivity index (χ1n) is 5.44. The highest BCUT2D eigenvalue weighted by molar-refractivity contribution is 5.94. The van der Waals surface area contributed by atoms with Crippen LogP contribution in [0.15, 0.2) is 12.3 Å². The maximum Gasteiger partial charge on any atom is 0.337 e. The fourth-order valence-electron chi connectivity index (χ4n) is 1.24. The summed E-state index contributed by atoms with van der Waals surface area (Å²) in [6.07, 6.45) is 1.32. The zero-order valence-electron chi connectivity index (χ0n) is 10.2. The first-order chi connectivity index (χ1) is 8.65. The van der Waals surface area contributed by atoms with Crippen molar-refractivity contribution >= 4 is 17.5 Å². The zero-order chi connectivity index (χ0) is 13.4. The Morgan fingerprint density at radius 3 is 2.94 bits per heavy atom. The van der Waals surface area contributed by atoms with Gasteiger partial charge in [-0.1, -0.05) is 0 Å². The number of nitrogens with two attached hydrogens (primary N) is 1. The van der Waals surface area contributed by atoms with E-state index in [1.807, 2.05) is 0 Å². The molecule has 0 saturated carbocycles. The van der Waals surface area contributed by atoms with Gasteiger partial charge in [-0.05, 0) is 6.07 Å². The molecule has 7 heteroatoms. The topological polar surface area (TPSA) is 107 Å². The number of carboxylic acids is 1. The summed E-state index contributed by atoms with van der Waals surface area (Å²) in [5.41, 5.74) is 5.67. The lowest BCUT2D eigenvalue weighted by Gasteiger charge is -2.08. The molecule has 7 nitrogen and oxygen atoms in total. The third-order valence-electron chi connectivity index (χ3n) is 2.15. The molecule has 0 spiro atoms. The summed E-state index contributed by atoms with van der Waals surface area (Å²) in [4.78, 5) is 14.8. The van der Waals surface area contributed by atoms with Gasteiger partial charge < -0.3 is 25.6 Å². The quantitative estimate of drug-likeness (QED) is 0.578. The number of nitrogens with zero attached hydrogens (tertiary/aromatic N) is 1. The van der Waals surface area contributed by atoms with Gasteiger partial charge in [0.25, 0.3) is 0 Å². The molecule has 1 aromatic heterocycles. The van der Waals surface area contributed by atoms with Gasteiger partial charge in [0.15, 0.2) is 0 Å². The summed E-state index contributed by atoms with van der Waals surface area (Å²) in [6, 6.07) is 1.40. The lowest BCUT2D eigenvalue weighted by atomic mass is 10.2. The van der Waals surface area contributed by atoms with Crippen LogP contribution in [-0.2, 0) is 9.47 Å². The van der Waals surface area contributed by atoms with Crippen molar-refractivity contribution in [2.24, 2.45) is 0 Å². The average molecular weight is 255 g/mol. The number of aromatic carboxylic acids is 1. The van der Waals surface area contributed by atoms with E-state index in [4.69, 9.17) is 20.3 Å². The number of hydrogen-bond acceptors (Lipinski definition) is 6. The van der Waals surface area contributed by atoms with Crippen molar-refractivity contribution in [3.05, 3.63) is 17.8 Å². The summed E-state index contributed by atoms with van der Waals surface area (Å²) < 4.78 is 10.1. The molecule has 0 aliphatic heterocycles. The van der Waals surface area contributed by atoms with Crippen LogP contribution < -0.4 is 11.1 Å². The average Bonchev–Trinajstić information content (AvgIpc) is 2.35. The molecule has 100 valence electrons. The molecule has 0 saturated heterocycles. The molecule has 1 aromatic rings. The van der Waals surface area contributed by atoms with Crippen molar-refractivity contribution in [3.8, 4) is 0 Å². The minimum atomic E-state index is -1.07. The molecule has 0 amide bonds. The highest BCUT2D eigenvalue weighted by Crippen LogP contribution is 2.14. The van der Waals surface area contributed by atoms with E-state index in [0.717, 1.165) is 0 Å². The maximum atomic E-state index is 10.8. The molecule has 0 radical (unpaired) electrons. The van der Waals surface area contributed by atoms with E-state index in [0.29, 0.717) is 32.2 Å². The molecule has 1 heterocycles. The van der Waals surface area contributed by atoms with E-state index in [9.17, 15) is 4.79 Å². The highest BCUT2D eigenvalue weighted by atomic mass is 16.5. The lowest BCUT2D eigenvalue weighted by molar-refractivity contribution is 0.0698. The first kappa shape index (κ1) is 14.2. The normalized spacial score (nSPS) is 10.3. The third kappa shape index (κ3) is 4.56. The van der Waals surface area contributed by atoms with Gasteiger partial charge in [-0.25, -0.2) is 9.78 Å². The Morgan fingerprint density at radius 2 is 2.28 bits per heavy atom. The SMILES string of the molecule is COCCOCCNc1cc(C(=O)O)c(N)cn1. The number of anilines is 2. The monoisotopic (exact) mass is 255 g/mol. The van der Waals surface area contributed by atoms with Gasteiger partial charge in [-0.15, -0.1) is 0 Å². The number of hydrogen-bond donors (Lipinski definition) is 3. The molecule has 1 rings (SSSR count). The molecular weight excluding hydrogens is 238 g/mol. The number of methoxy groups -OCH3 is 1. The maximum absolute atomic E-state index is 10.8. The molecule has 4 N–H and O–H groups in total. The van der Waals surface area contributed by atoms with Crippen LogP contribution in [0.25, 0.3) is 0 Å². The van der Waals surface area contributed by atoms with Crippen molar-refractivity contribution in [2.75, 3.05) is 44.5 Å². The van der Waals surface area contributed by atoms with Crippen LogP contribution in [0.5, 0.6) is 0 Å². The van der Waals surface area contributed by atoms with Crippen molar-refractivity contribution in [3.63, 3.8) is 0 Å². The molecule has 0 unspecified atom stereocenters. The molecule has 0 aliphatic rings. The molecule has 0 aliphatic carbocycles. The molecule has 18 heavy (non-hydrogen) atoms. The van der Waals surface area contributed by atoms with Crippen LogP contribution in [0.1, 0.15) is 10.4 Å². The number of carbonyl (C=O) groups is 1. The lowest BCUT2D eigenvalue weighted by Crippen LogP contribution is -2.13. The molecular formula is C11H17N3O4. The second-order valence-corrected chi connectivity index (χ2v) is 3.49. The summed E-state index contributed by atoms with van der Waals surface area (Å²) in [5.74, 6) is -0.619. The van der Waals surface area contributed by atoms with Crippen LogP contribution in [0.4, 0.5) is 11.5 Å². The van der Waals surface area contributed by atoms with Gasteiger partial charge in [0, 0.05) is 13.7 Å². The minimum absolute atomic E-state index is 0.0350. The van der Waals surface area contributed by atoms with Crippen LogP contribution in [0.3, 0.4) is 0 Å². The second-order valence-electron chi connectivity index (χ2n) is 3.49. The van der Waals surface area contributed by atoms with Crippen molar-refractivity contribution in [1.82, 2.24) is 4.98 Å². The van der Waals surface area contributed by atoms with Crippen LogP contribution in [-0.4, -0.2) is 49.5 Å². The second kappa shape index (κ2) is 7.46. The number of carboxylic acid groups (broad SMARTS) is 1. The summed E-state index contributed by atoms with van der Waals surface area (Å²) in [7, 11) is 1.60. The fraction of sp³-hybridized carbons (Fsp3) is 0.455. The third-order valence-corrected chi connectivity index (χ3v) is 2.15. The Morgan fingerprint density at radius 1 is 1.50 bits per heavy atom. The number of ether oxygens (including phenoxy) is 2. The summed E-state index contributed by atoms with van der Waals surface area (Å²) in [5, 5.41) is 11.8. The molecule has 0 atom stereocenters. The predicted molar refractivity (Wildman–Crippen MR) is 66.8 cm³/mol. The Kier molecular flexibility index (Phi) is 5.89. The van der Waals surface area contributed by atoms with Gasteiger partial charge >= 0.3 is 5.97 Å². The molecule has 0 bridgehead atoms. The van der Waals surface area contributed by atoms with Crippen molar-refractivity contribution in [2.45, 2.75) is 0 Å². The van der Waals surface area contributed by atoms with E-state index in [-0.39, 0.29) is 11.3 Å². The van der Waals surface area contributed by atoms with E-state index < -0.39 is 5.97 Å². The number of pyridine rings is 1. The van der Waals surface area contributed by atoms with Gasteiger partial charge in [0.1, 0.15) is 5.82 Å². The van der Waals surface area contributed by atoms with Gasteiger partial charge in [-0.2, -0.15) is 0 Å².